The van der Waals surface area contributed by atoms with Crippen molar-refractivity contribution in [3.8, 4) is 0 Å². The van der Waals surface area contributed by atoms with Crippen LogP contribution in [-0.2, 0) is 11.2 Å². The summed E-state index contributed by atoms with van der Waals surface area (Å²) in [6, 6.07) is 0.239. The number of hydrogen-bond donors (Lipinski definition) is 1. The van der Waals surface area contributed by atoms with Crippen LogP contribution in [0.2, 0.25) is 0 Å². The molecule has 8 heteroatoms. The number of carbonyl (C=O) groups is 1. The monoisotopic (exact) mass is 332 g/mol. The minimum absolute atomic E-state index is 0. The summed E-state index contributed by atoms with van der Waals surface area (Å²) in [4.78, 5) is 18.4. The molecule has 3 heterocycles. The highest BCUT2D eigenvalue weighted by Crippen LogP contribution is 2.51. The molecule has 3 rings (SSSR count). The van der Waals surface area contributed by atoms with Gasteiger partial charge in [0.1, 0.15) is 6.04 Å². The average molecular weight is 333 g/mol. The van der Waals surface area contributed by atoms with Crippen LogP contribution >= 0.6 is 24.2 Å². The number of nitrogens with zero attached hydrogens (tertiary/aromatic N) is 3. The Morgan fingerprint density at radius 1 is 1.62 bits per heavy atom. The van der Waals surface area contributed by atoms with Gasteiger partial charge in [-0.2, -0.15) is 4.98 Å². The lowest BCUT2D eigenvalue weighted by molar-refractivity contribution is -0.131. The van der Waals surface area contributed by atoms with Crippen molar-refractivity contribution in [2.75, 3.05) is 12.8 Å². The highest BCUT2D eigenvalue weighted by Gasteiger charge is 2.52. The molecule has 3 atom stereocenters. The fraction of sp³-hybridized carbons (Fsp3) is 0.769. The van der Waals surface area contributed by atoms with Gasteiger partial charge in [0, 0.05) is 24.6 Å². The highest BCUT2D eigenvalue weighted by atomic mass is 35.5. The van der Waals surface area contributed by atoms with Gasteiger partial charge in [-0.15, -0.1) is 24.2 Å². The van der Waals surface area contributed by atoms with Crippen LogP contribution < -0.4 is 5.32 Å². The number of likely N-dealkylation sites (N-methyl/N-ethyl adjacent to an activating group) is 1. The Balaban J connectivity index is 0.00000161. The normalized spacial score (nSPS) is 29.4. The Labute approximate surface area is 134 Å². The molecule has 0 aliphatic carbocycles. The zero-order valence-electron chi connectivity index (χ0n) is 12.5. The number of hydrogen-bond acceptors (Lipinski definition) is 6. The molecule has 1 aromatic heterocycles. The van der Waals surface area contributed by atoms with Crippen molar-refractivity contribution in [1.82, 2.24) is 20.4 Å². The van der Waals surface area contributed by atoms with Crippen molar-refractivity contribution in [2.45, 2.75) is 50.1 Å². The molecule has 1 aromatic rings. The zero-order chi connectivity index (χ0) is 14.3. The van der Waals surface area contributed by atoms with Crippen LogP contribution in [0, 0.1) is 0 Å². The molecule has 6 nitrogen and oxygen atoms in total. The van der Waals surface area contributed by atoms with E-state index in [0.29, 0.717) is 24.2 Å². The maximum Gasteiger partial charge on any atom is 0.250 e. The second-order valence-corrected chi connectivity index (χ2v) is 7.21. The molecule has 1 amide bonds. The van der Waals surface area contributed by atoms with E-state index < -0.39 is 0 Å². The molecule has 0 aromatic carbocycles. The smallest absolute Gasteiger partial charge is 0.250 e. The van der Waals surface area contributed by atoms with Gasteiger partial charge in [0.05, 0.1) is 4.87 Å². The first-order valence-corrected chi connectivity index (χ1v) is 7.98. The summed E-state index contributed by atoms with van der Waals surface area (Å²) >= 11 is 1.81. The third-order valence-electron chi connectivity index (χ3n) is 4.20. The zero-order valence-corrected chi connectivity index (χ0v) is 14.1. The van der Waals surface area contributed by atoms with Crippen molar-refractivity contribution in [3.63, 3.8) is 0 Å². The van der Waals surface area contributed by atoms with Crippen molar-refractivity contribution in [2.24, 2.45) is 0 Å². The predicted octanol–water partition coefficient (Wildman–Crippen LogP) is 1.77. The van der Waals surface area contributed by atoms with Gasteiger partial charge in [-0.3, -0.25) is 4.79 Å². The molecule has 2 aliphatic rings. The van der Waals surface area contributed by atoms with Crippen molar-refractivity contribution >= 4 is 30.1 Å². The third kappa shape index (κ3) is 2.91. The number of amides is 1. The standard InChI is InChI=1S/C13H20N4O2S.ClH/c1-8(14-3)6-10-15-12(19-16-10)9-7-20-13(2)5-4-11(18)17(9)13;/h8-9,14H,4-7H2,1-3H3;1H. The number of rotatable bonds is 4. The molecule has 0 bridgehead atoms. The highest BCUT2D eigenvalue weighted by molar-refractivity contribution is 8.00. The van der Waals surface area contributed by atoms with E-state index in [0.717, 1.165) is 18.6 Å². The van der Waals surface area contributed by atoms with Gasteiger partial charge in [0.25, 0.3) is 0 Å². The van der Waals surface area contributed by atoms with Crippen LogP contribution in [-0.4, -0.2) is 44.7 Å². The van der Waals surface area contributed by atoms with Crippen LogP contribution in [0.15, 0.2) is 4.52 Å². The largest absolute Gasteiger partial charge is 0.337 e. The molecule has 21 heavy (non-hydrogen) atoms. The van der Waals surface area contributed by atoms with Crippen LogP contribution in [0.1, 0.15) is 44.4 Å². The van der Waals surface area contributed by atoms with Crippen LogP contribution in [0.25, 0.3) is 0 Å². The van der Waals surface area contributed by atoms with E-state index in [1.807, 2.05) is 23.7 Å². The third-order valence-corrected chi connectivity index (χ3v) is 5.70. The Kier molecular flexibility index (Phi) is 4.85. The summed E-state index contributed by atoms with van der Waals surface area (Å²) in [6.45, 7) is 4.20. The number of fused-ring (bicyclic) bond motifs is 1. The quantitative estimate of drug-likeness (QED) is 0.906. The van der Waals surface area contributed by atoms with Crippen LogP contribution in [0.4, 0.5) is 0 Å². The van der Waals surface area contributed by atoms with Gasteiger partial charge >= 0.3 is 0 Å². The molecule has 0 saturated carbocycles. The molecule has 2 fully saturated rings. The fourth-order valence-electron chi connectivity index (χ4n) is 2.87. The van der Waals surface area contributed by atoms with Gasteiger partial charge < -0.3 is 14.7 Å². The lowest BCUT2D eigenvalue weighted by Crippen LogP contribution is -2.37. The minimum Gasteiger partial charge on any atom is -0.337 e. The Morgan fingerprint density at radius 3 is 3.10 bits per heavy atom. The van der Waals surface area contributed by atoms with E-state index in [9.17, 15) is 4.79 Å². The number of aromatic nitrogens is 2. The Morgan fingerprint density at radius 2 is 2.38 bits per heavy atom. The summed E-state index contributed by atoms with van der Waals surface area (Å²) in [7, 11) is 1.91. The van der Waals surface area contributed by atoms with Crippen LogP contribution in [0.3, 0.4) is 0 Å². The summed E-state index contributed by atoms with van der Waals surface area (Å²) in [6.07, 6.45) is 2.26. The second-order valence-electron chi connectivity index (χ2n) is 5.71. The molecule has 0 spiro atoms. The van der Waals surface area contributed by atoms with E-state index in [2.05, 4.69) is 29.3 Å². The number of nitrogens with one attached hydrogen (secondary N) is 1. The van der Waals surface area contributed by atoms with Gasteiger partial charge in [-0.25, -0.2) is 0 Å². The first-order valence-electron chi connectivity index (χ1n) is 6.99. The van der Waals surface area contributed by atoms with Gasteiger partial charge in [-0.05, 0) is 27.3 Å². The van der Waals surface area contributed by atoms with Crippen molar-refractivity contribution < 1.29 is 9.32 Å². The SMILES string of the molecule is CNC(C)Cc1noc(C2CSC3(C)CCC(=O)N23)n1.Cl. The minimum atomic E-state index is -0.0886. The van der Waals surface area contributed by atoms with Gasteiger partial charge in [-0.1, -0.05) is 5.16 Å². The molecule has 118 valence electrons. The molecule has 2 saturated heterocycles. The predicted molar refractivity (Wildman–Crippen MR) is 83.5 cm³/mol. The lowest BCUT2D eigenvalue weighted by atomic mass is 10.2. The average Bonchev–Trinajstić information content (AvgIpc) is 3.07. The maximum absolute atomic E-state index is 12.1. The first kappa shape index (κ1) is 16.6. The second kappa shape index (κ2) is 6.14. The summed E-state index contributed by atoms with van der Waals surface area (Å²) < 4.78 is 5.40. The molecular formula is C13H21ClN4O2S. The van der Waals surface area contributed by atoms with E-state index in [1.54, 1.807) is 0 Å². The summed E-state index contributed by atoms with van der Waals surface area (Å²) in [5, 5.41) is 7.19. The summed E-state index contributed by atoms with van der Waals surface area (Å²) in [5.41, 5.74) is 0. The fourth-order valence-corrected chi connectivity index (χ4v) is 4.29. The topological polar surface area (TPSA) is 71.3 Å². The Hall–Kier alpha value is -0.790. The van der Waals surface area contributed by atoms with Gasteiger partial charge in [0.15, 0.2) is 5.82 Å². The van der Waals surface area contributed by atoms with Crippen molar-refractivity contribution in [3.05, 3.63) is 11.7 Å². The molecule has 1 N–H and O–H groups in total. The van der Waals surface area contributed by atoms with E-state index in [1.165, 1.54) is 0 Å². The number of halogens is 1. The van der Waals surface area contributed by atoms with Crippen molar-refractivity contribution in [1.29, 1.82) is 0 Å². The maximum atomic E-state index is 12.1. The molecular weight excluding hydrogens is 312 g/mol. The van der Waals surface area contributed by atoms with E-state index in [-0.39, 0.29) is 29.2 Å². The summed E-state index contributed by atoms with van der Waals surface area (Å²) in [5.74, 6) is 2.32. The molecule has 0 radical (unpaired) electrons. The van der Waals surface area contributed by atoms with Crippen LogP contribution in [0.5, 0.6) is 0 Å². The van der Waals surface area contributed by atoms with Gasteiger partial charge in [0.2, 0.25) is 11.8 Å². The molecule has 3 unspecified atom stereocenters. The van der Waals surface area contributed by atoms with E-state index >= 15 is 0 Å². The lowest BCUT2D eigenvalue weighted by Gasteiger charge is -2.28. The molecule has 2 aliphatic heterocycles. The Bertz CT molecular complexity index is 526. The number of thioether (sulfide) groups is 1. The van der Waals surface area contributed by atoms with E-state index in [4.69, 9.17) is 4.52 Å². The first-order chi connectivity index (χ1) is 9.53. The number of carbonyl (C=O) groups excluding carboxylic acids is 1.